The van der Waals surface area contributed by atoms with Crippen molar-refractivity contribution in [2.45, 2.75) is 38.4 Å². The minimum absolute atomic E-state index is 0.173. The first-order valence-corrected chi connectivity index (χ1v) is 8.84. The van der Waals surface area contributed by atoms with E-state index in [-0.39, 0.29) is 6.04 Å². The van der Waals surface area contributed by atoms with Gasteiger partial charge in [-0.05, 0) is 32.4 Å². The van der Waals surface area contributed by atoms with Gasteiger partial charge in [-0.15, -0.1) is 11.3 Å². The Kier molecular flexibility index (Phi) is 4.96. The Morgan fingerprint density at radius 1 is 1.29 bits per heavy atom. The van der Waals surface area contributed by atoms with Crippen LogP contribution in [0.4, 0.5) is 0 Å². The lowest BCUT2D eigenvalue weighted by Crippen LogP contribution is -2.46. The molecule has 3 rings (SSSR count). The van der Waals surface area contributed by atoms with E-state index < -0.39 is 0 Å². The number of rotatable bonds is 4. The van der Waals surface area contributed by atoms with E-state index in [0.29, 0.717) is 12.1 Å². The van der Waals surface area contributed by atoms with E-state index in [0.717, 1.165) is 39.4 Å². The molecule has 0 saturated carbocycles. The number of aryl methyl sites for hydroxylation is 1. The van der Waals surface area contributed by atoms with Crippen molar-refractivity contribution in [3.63, 3.8) is 0 Å². The summed E-state index contributed by atoms with van der Waals surface area (Å²) < 4.78 is 5.47. The monoisotopic (exact) mass is 309 g/mol. The molecule has 3 heterocycles. The van der Waals surface area contributed by atoms with E-state index in [1.54, 1.807) is 0 Å². The summed E-state index contributed by atoms with van der Waals surface area (Å²) in [5.74, 6) is 0. The predicted octanol–water partition coefficient (Wildman–Crippen LogP) is 1.85. The van der Waals surface area contributed by atoms with Gasteiger partial charge in [-0.1, -0.05) is 0 Å². The maximum atomic E-state index is 6.31. The zero-order valence-corrected chi connectivity index (χ0v) is 13.9. The molecule has 1 aromatic rings. The smallest absolute Gasteiger partial charge is 0.0594 e. The molecule has 0 aromatic carbocycles. The van der Waals surface area contributed by atoms with Gasteiger partial charge in [0, 0.05) is 48.0 Å². The van der Waals surface area contributed by atoms with Crippen molar-refractivity contribution in [3.8, 4) is 0 Å². The lowest BCUT2D eigenvalue weighted by atomic mass is 10.1. The van der Waals surface area contributed by atoms with Gasteiger partial charge in [0.05, 0.1) is 19.3 Å². The van der Waals surface area contributed by atoms with E-state index in [1.807, 2.05) is 11.3 Å². The van der Waals surface area contributed by atoms with Crippen LogP contribution in [0.2, 0.25) is 0 Å². The van der Waals surface area contributed by atoms with Crippen LogP contribution in [-0.4, -0.2) is 61.3 Å². The van der Waals surface area contributed by atoms with E-state index in [9.17, 15) is 0 Å². The van der Waals surface area contributed by atoms with Crippen LogP contribution in [0, 0.1) is 6.92 Å². The van der Waals surface area contributed by atoms with Gasteiger partial charge in [0.25, 0.3) is 0 Å². The molecule has 3 atom stereocenters. The zero-order chi connectivity index (χ0) is 14.8. The van der Waals surface area contributed by atoms with Crippen molar-refractivity contribution < 1.29 is 4.74 Å². The number of nitrogens with two attached hydrogens (primary N) is 1. The second kappa shape index (κ2) is 6.75. The number of likely N-dealkylation sites (tertiary alicyclic amines) is 1. The highest BCUT2D eigenvalue weighted by molar-refractivity contribution is 7.12. The average molecular weight is 309 g/mol. The second-order valence-electron chi connectivity index (χ2n) is 6.34. The minimum atomic E-state index is 0.173. The first-order valence-electron chi connectivity index (χ1n) is 8.03. The number of hydrogen-bond acceptors (Lipinski definition) is 5. The molecule has 3 unspecified atom stereocenters. The first kappa shape index (κ1) is 15.4. The Labute approximate surface area is 131 Å². The molecule has 2 aliphatic heterocycles. The lowest BCUT2D eigenvalue weighted by Gasteiger charge is -2.34. The van der Waals surface area contributed by atoms with Crippen molar-refractivity contribution >= 4 is 11.3 Å². The van der Waals surface area contributed by atoms with Gasteiger partial charge in [0.15, 0.2) is 0 Å². The van der Waals surface area contributed by atoms with Gasteiger partial charge >= 0.3 is 0 Å². The van der Waals surface area contributed by atoms with Crippen LogP contribution in [0.25, 0.3) is 0 Å². The molecular weight excluding hydrogens is 282 g/mol. The Morgan fingerprint density at radius 3 is 2.67 bits per heavy atom. The normalized spacial score (nSPS) is 27.9. The van der Waals surface area contributed by atoms with Crippen molar-refractivity contribution in [3.05, 3.63) is 21.9 Å². The van der Waals surface area contributed by atoms with Crippen molar-refractivity contribution in [2.24, 2.45) is 5.73 Å². The SMILES string of the molecule is Cc1ccc(C(C(C)N)N2CCC(N3CCOCC3)C2)s1. The van der Waals surface area contributed by atoms with Crippen LogP contribution in [0.3, 0.4) is 0 Å². The summed E-state index contributed by atoms with van der Waals surface area (Å²) in [6.45, 7) is 10.6. The van der Waals surface area contributed by atoms with Gasteiger partial charge < -0.3 is 10.5 Å². The van der Waals surface area contributed by atoms with Crippen LogP contribution in [0.5, 0.6) is 0 Å². The summed E-state index contributed by atoms with van der Waals surface area (Å²) in [4.78, 5) is 7.99. The summed E-state index contributed by atoms with van der Waals surface area (Å²) in [5.41, 5.74) is 6.31. The maximum Gasteiger partial charge on any atom is 0.0594 e. The largest absolute Gasteiger partial charge is 0.379 e. The van der Waals surface area contributed by atoms with Gasteiger partial charge in [0.2, 0.25) is 0 Å². The van der Waals surface area contributed by atoms with E-state index in [4.69, 9.17) is 10.5 Å². The van der Waals surface area contributed by atoms with Gasteiger partial charge in [0.1, 0.15) is 0 Å². The molecule has 0 radical (unpaired) electrons. The highest BCUT2D eigenvalue weighted by atomic mass is 32.1. The molecule has 0 amide bonds. The first-order chi connectivity index (χ1) is 10.1. The van der Waals surface area contributed by atoms with Crippen LogP contribution in [-0.2, 0) is 4.74 Å². The summed E-state index contributed by atoms with van der Waals surface area (Å²) in [7, 11) is 0. The average Bonchev–Trinajstić information content (AvgIpc) is 3.10. The van der Waals surface area contributed by atoms with E-state index in [2.05, 4.69) is 35.8 Å². The number of ether oxygens (including phenoxy) is 1. The van der Waals surface area contributed by atoms with E-state index >= 15 is 0 Å². The Balaban J connectivity index is 1.67. The third-order valence-corrected chi connectivity index (χ3v) is 5.77. The summed E-state index contributed by atoms with van der Waals surface area (Å²) >= 11 is 1.89. The third-order valence-electron chi connectivity index (χ3n) is 4.70. The Hall–Kier alpha value is -0.460. The fourth-order valence-electron chi connectivity index (χ4n) is 3.65. The molecule has 0 spiro atoms. The highest BCUT2D eigenvalue weighted by Crippen LogP contribution is 2.33. The maximum absolute atomic E-state index is 6.31. The van der Waals surface area contributed by atoms with Crippen LogP contribution >= 0.6 is 11.3 Å². The Morgan fingerprint density at radius 2 is 2.05 bits per heavy atom. The molecule has 2 fully saturated rings. The fourth-order valence-corrected chi connectivity index (χ4v) is 4.77. The summed E-state index contributed by atoms with van der Waals surface area (Å²) in [6.07, 6.45) is 1.26. The standard InChI is InChI=1S/C16H27N3OS/c1-12-3-4-15(21-12)16(13(2)17)19-6-5-14(11-19)18-7-9-20-10-8-18/h3-4,13-14,16H,5-11,17H2,1-2H3. The fraction of sp³-hybridized carbons (Fsp3) is 0.750. The topological polar surface area (TPSA) is 41.7 Å². The molecule has 5 heteroatoms. The van der Waals surface area contributed by atoms with Gasteiger partial charge in [-0.2, -0.15) is 0 Å². The molecule has 1 aromatic heterocycles. The van der Waals surface area contributed by atoms with Crippen LogP contribution in [0.15, 0.2) is 12.1 Å². The van der Waals surface area contributed by atoms with Crippen LogP contribution < -0.4 is 5.73 Å². The zero-order valence-electron chi connectivity index (χ0n) is 13.1. The van der Waals surface area contributed by atoms with Crippen molar-refractivity contribution in [2.75, 3.05) is 39.4 Å². The highest BCUT2D eigenvalue weighted by Gasteiger charge is 2.34. The number of morpholine rings is 1. The minimum Gasteiger partial charge on any atom is -0.379 e. The molecule has 2 aliphatic rings. The molecule has 118 valence electrons. The molecule has 2 saturated heterocycles. The molecule has 0 bridgehead atoms. The quantitative estimate of drug-likeness (QED) is 0.922. The predicted molar refractivity (Wildman–Crippen MR) is 87.8 cm³/mol. The lowest BCUT2D eigenvalue weighted by molar-refractivity contribution is 0.0173. The van der Waals surface area contributed by atoms with Gasteiger partial charge in [-0.25, -0.2) is 0 Å². The van der Waals surface area contributed by atoms with Crippen LogP contribution in [0.1, 0.15) is 29.1 Å². The third kappa shape index (κ3) is 3.48. The van der Waals surface area contributed by atoms with Crippen molar-refractivity contribution in [1.29, 1.82) is 0 Å². The summed E-state index contributed by atoms with van der Waals surface area (Å²) in [6, 6.07) is 5.69. The molecular formula is C16H27N3OS. The molecule has 2 N–H and O–H groups in total. The number of thiophene rings is 1. The summed E-state index contributed by atoms with van der Waals surface area (Å²) in [5, 5.41) is 0. The molecule has 4 nitrogen and oxygen atoms in total. The molecule has 21 heavy (non-hydrogen) atoms. The van der Waals surface area contributed by atoms with E-state index in [1.165, 1.54) is 16.2 Å². The van der Waals surface area contributed by atoms with Gasteiger partial charge in [-0.3, -0.25) is 9.80 Å². The Bertz CT molecular complexity index is 456. The number of hydrogen-bond donors (Lipinski definition) is 1. The molecule has 0 aliphatic carbocycles. The number of nitrogens with zero attached hydrogens (tertiary/aromatic N) is 2. The second-order valence-corrected chi connectivity index (χ2v) is 7.66. The van der Waals surface area contributed by atoms with Crippen molar-refractivity contribution in [1.82, 2.24) is 9.80 Å².